The molecule has 0 radical (unpaired) electrons. The summed E-state index contributed by atoms with van der Waals surface area (Å²) in [5, 5.41) is 5.60. The van der Waals surface area contributed by atoms with E-state index >= 15 is 0 Å². The van der Waals surface area contributed by atoms with Crippen molar-refractivity contribution >= 4 is 48.0 Å². The number of nitrogens with zero attached hydrogens (tertiary/aromatic N) is 3. The summed E-state index contributed by atoms with van der Waals surface area (Å²) in [6.45, 7) is 0. The molecule has 62 valence electrons. The smallest absolute Gasteiger partial charge is 0.163 e. The van der Waals surface area contributed by atoms with Crippen LogP contribution < -0.4 is 0 Å². The molecule has 0 aliphatic carbocycles. The monoisotopic (exact) mass is 263 g/mol. The van der Waals surface area contributed by atoms with Crippen molar-refractivity contribution in [2.45, 2.75) is 0 Å². The van der Waals surface area contributed by atoms with E-state index in [1.165, 1.54) is 0 Å². The number of rotatable bonds is 0. The molecule has 1 unspecified atom stereocenters. The predicted octanol–water partition coefficient (Wildman–Crippen LogP) is 2.49. The van der Waals surface area contributed by atoms with Gasteiger partial charge in [0, 0.05) is 6.20 Å². The van der Waals surface area contributed by atoms with Gasteiger partial charge in [0.05, 0.1) is 10.4 Å². The average Bonchev–Trinajstić information content (AvgIpc) is 2.29. The van der Waals surface area contributed by atoms with E-state index in [0.29, 0.717) is 9.63 Å². The number of hydrogen-bond donors (Lipinski definition) is 0. The number of fused-ring (bicyclic) bond motifs is 1. The van der Waals surface area contributed by atoms with Crippen molar-refractivity contribution in [2.24, 2.45) is 0 Å². The summed E-state index contributed by atoms with van der Waals surface area (Å²) in [6, 6.07) is 1.74. The molecule has 0 saturated carbocycles. The molecule has 2 aromatic rings. The van der Waals surface area contributed by atoms with Gasteiger partial charge < -0.3 is 0 Å². The molecule has 0 spiro atoms. The quantitative estimate of drug-likeness (QED) is 0.684. The van der Waals surface area contributed by atoms with E-state index in [4.69, 9.17) is 11.6 Å². The minimum Gasteiger partial charge on any atom is -0.236 e. The molecule has 12 heavy (non-hydrogen) atoms. The second-order valence-corrected chi connectivity index (χ2v) is 3.87. The van der Waals surface area contributed by atoms with E-state index in [9.17, 15) is 0 Å². The van der Waals surface area contributed by atoms with Crippen LogP contribution in [0.4, 0.5) is 0 Å². The number of halogens is 2. The lowest BCUT2D eigenvalue weighted by Gasteiger charge is -1.92. The summed E-state index contributed by atoms with van der Waals surface area (Å²) in [4.78, 5) is 4.13. The molecule has 0 fully saturated rings. The van der Waals surface area contributed by atoms with Crippen molar-refractivity contribution in [3.05, 3.63) is 21.9 Å². The highest BCUT2D eigenvalue weighted by molar-refractivity contribution is 9.10. The highest BCUT2D eigenvalue weighted by Gasteiger charge is 2.09. The van der Waals surface area contributed by atoms with Crippen LogP contribution in [-0.2, 0) is 0 Å². The third-order valence-electron chi connectivity index (χ3n) is 1.50. The van der Waals surface area contributed by atoms with Crippen LogP contribution in [0.5, 0.6) is 0 Å². The minimum atomic E-state index is 0.653. The van der Waals surface area contributed by atoms with Crippen LogP contribution in [0.2, 0.25) is 5.02 Å². The number of hydrogen-bond acceptors (Lipinski definition) is 2. The van der Waals surface area contributed by atoms with Gasteiger partial charge in [0.15, 0.2) is 5.65 Å². The first-order chi connectivity index (χ1) is 5.70. The highest BCUT2D eigenvalue weighted by Crippen LogP contribution is 2.29. The van der Waals surface area contributed by atoms with Gasteiger partial charge in [-0.2, -0.15) is 5.10 Å². The van der Waals surface area contributed by atoms with Crippen molar-refractivity contribution < 1.29 is 0 Å². The third-order valence-corrected chi connectivity index (χ3v) is 2.73. The Labute approximate surface area is 84.5 Å². The zero-order valence-corrected chi connectivity index (χ0v) is 9.33. The van der Waals surface area contributed by atoms with E-state index < -0.39 is 0 Å². The maximum absolute atomic E-state index is 5.94. The summed E-state index contributed by atoms with van der Waals surface area (Å²) in [6.07, 6.45) is 1.65. The molecule has 0 bridgehead atoms. The van der Waals surface area contributed by atoms with Crippen LogP contribution in [0.3, 0.4) is 0 Å². The Morgan fingerprint density at radius 3 is 3.00 bits per heavy atom. The van der Waals surface area contributed by atoms with Crippen LogP contribution in [0, 0.1) is 0 Å². The van der Waals surface area contributed by atoms with Crippen LogP contribution >= 0.6 is 36.9 Å². The van der Waals surface area contributed by atoms with Gasteiger partial charge in [0.2, 0.25) is 0 Å². The van der Waals surface area contributed by atoms with Gasteiger partial charge in [0.25, 0.3) is 0 Å². The summed E-state index contributed by atoms with van der Waals surface area (Å²) in [5.74, 6) is 0. The van der Waals surface area contributed by atoms with Gasteiger partial charge >= 0.3 is 0 Å². The molecule has 0 amide bonds. The number of aromatic nitrogens is 3. The van der Waals surface area contributed by atoms with Crippen molar-refractivity contribution in [1.29, 1.82) is 0 Å². The van der Waals surface area contributed by atoms with Crippen LogP contribution in [0.1, 0.15) is 0 Å². The number of pyridine rings is 1. The molecule has 0 N–H and O–H groups in total. The standard InChI is InChI=1S/C6H4BrClN3P/c7-5-4-3(8)1-2-9-6(4)11(12)10-5/h1-2H,12H2. The molecule has 2 aromatic heterocycles. The summed E-state index contributed by atoms with van der Waals surface area (Å²) < 4.78 is 2.32. The van der Waals surface area contributed by atoms with Gasteiger partial charge in [-0.05, 0) is 31.4 Å². The first kappa shape index (κ1) is 8.42. The Morgan fingerprint density at radius 2 is 2.33 bits per heavy atom. The fourth-order valence-corrected chi connectivity index (χ4v) is 2.37. The zero-order valence-electron chi connectivity index (χ0n) is 5.83. The third kappa shape index (κ3) is 1.15. The van der Waals surface area contributed by atoms with E-state index in [1.54, 1.807) is 16.7 Å². The zero-order chi connectivity index (χ0) is 8.72. The van der Waals surface area contributed by atoms with Gasteiger partial charge in [-0.25, -0.2) is 9.44 Å². The van der Waals surface area contributed by atoms with Crippen molar-refractivity contribution in [1.82, 2.24) is 14.5 Å². The highest BCUT2D eigenvalue weighted by atomic mass is 79.9. The first-order valence-corrected chi connectivity index (χ1v) is 4.82. The van der Waals surface area contributed by atoms with E-state index in [2.05, 4.69) is 35.4 Å². The normalized spacial score (nSPS) is 10.9. The van der Waals surface area contributed by atoms with E-state index in [0.717, 1.165) is 11.0 Å². The summed E-state index contributed by atoms with van der Waals surface area (Å²) in [5.41, 5.74) is 0.749. The van der Waals surface area contributed by atoms with Crippen molar-refractivity contribution in [3.8, 4) is 0 Å². The first-order valence-electron chi connectivity index (χ1n) is 3.14. The molecule has 0 aromatic carbocycles. The molecule has 3 nitrogen and oxygen atoms in total. The molecule has 6 heteroatoms. The largest absolute Gasteiger partial charge is 0.236 e. The Morgan fingerprint density at radius 1 is 1.58 bits per heavy atom. The topological polar surface area (TPSA) is 30.7 Å². The molecule has 0 aliphatic rings. The van der Waals surface area contributed by atoms with Crippen molar-refractivity contribution in [3.63, 3.8) is 0 Å². The maximum Gasteiger partial charge on any atom is 0.163 e. The van der Waals surface area contributed by atoms with Crippen LogP contribution in [0.25, 0.3) is 11.0 Å². The molecule has 2 heterocycles. The molecule has 0 saturated heterocycles. The van der Waals surface area contributed by atoms with Crippen LogP contribution in [-0.4, -0.2) is 14.5 Å². The van der Waals surface area contributed by atoms with Gasteiger partial charge in [-0.1, -0.05) is 11.6 Å². The summed E-state index contributed by atoms with van der Waals surface area (Å²) >= 11 is 9.24. The SMILES string of the molecule is Pn1nc(Br)c2c(Cl)ccnc21. The molecular formula is C6H4BrClN3P. The van der Waals surface area contributed by atoms with E-state index in [1.807, 2.05) is 0 Å². The molecule has 1 atom stereocenters. The Bertz CT molecular complexity index is 442. The second-order valence-electron chi connectivity index (χ2n) is 2.23. The van der Waals surface area contributed by atoms with E-state index in [-0.39, 0.29) is 0 Å². The van der Waals surface area contributed by atoms with Gasteiger partial charge in [-0.3, -0.25) is 0 Å². The predicted molar refractivity (Wildman–Crippen MR) is 55.3 cm³/mol. The molecule has 0 aliphatic heterocycles. The lowest BCUT2D eigenvalue weighted by Crippen LogP contribution is -1.82. The average molecular weight is 264 g/mol. The fourth-order valence-electron chi connectivity index (χ4n) is 0.984. The summed E-state index contributed by atoms with van der Waals surface area (Å²) in [7, 11) is 2.44. The lowest BCUT2D eigenvalue weighted by atomic mass is 10.4. The molecular weight excluding hydrogens is 260 g/mol. The maximum atomic E-state index is 5.94. The Kier molecular flexibility index (Phi) is 2.07. The van der Waals surface area contributed by atoms with Gasteiger partial charge in [-0.15, -0.1) is 0 Å². The lowest BCUT2D eigenvalue weighted by molar-refractivity contribution is 1.01. The van der Waals surface area contributed by atoms with Crippen LogP contribution in [0.15, 0.2) is 16.9 Å². The Hall–Kier alpha value is -0.180. The second kappa shape index (κ2) is 2.95. The fraction of sp³-hybridized carbons (Fsp3) is 0. The van der Waals surface area contributed by atoms with Gasteiger partial charge in [0.1, 0.15) is 4.60 Å². The molecule has 2 rings (SSSR count). The Balaban J connectivity index is 2.99. The minimum absolute atomic E-state index is 0.653. The van der Waals surface area contributed by atoms with Crippen molar-refractivity contribution in [2.75, 3.05) is 0 Å².